The van der Waals surface area contributed by atoms with E-state index in [0.29, 0.717) is 19.3 Å². The van der Waals surface area contributed by atoms with Crippen molar-refractivity contribution in [2.24, 2.45) is 5.92 Å². The minimum Gasteiger partial charge on any atom is -0.393 e. The zero-order valence-electron chi connectivity index (χ0n) is 9.08. The Labute approximate surface area is 95.0 Å². The van der Waals surface area contributed by atoms with Crippen molar-refractivity contribution in [1.29, 1.82) is 0 Å². The maximum Gasteiger partial charge on any atom is 0.0917 e. The van der Waals surface area contributed by atoms with Crippen LogP contribution < -0.4 is 0 Å². The molecule has 1 aromatic carbocycles. The van der Waals surface area contributed by atoms with Crippen molar-refractivity contribution in [3.63, 3.8) is 0 Å². The molecule has 0 aromatic heterocycles. The van der Waals surface area contributed by atoms with E-state index in [1.807, 2.05) is 30.3 Å². The quantitative estimate of drug-likeness (QED) is 0.779. The Bertz CT molecular complexity index is 349. The lowest BCUT2D eigenvalue weighted by molar-refractivity contribution is 0.00570. The van der Waals surface area contributed by atoms with Gasteiger partial charge >= 0.3 is 0 Å². The molecule has 4 atom stereocenters. The average molecular weight is 220 g/mol. The van der Waals surface area contributed by atoms with Crippen LogP contribution in [0.3, 0.4) is 0 Å². The smallest absolute Gasteiger partial charge is 0.0917 e. The lowest BCUT2D eigenvalue weighted by Crippen LogP contribution is -2.25. The van der Waals surface area contributed by atoms with Crippen LogP contribution in [-0.2, 0) is 16.1 Å². The number of hydrogen-bond donors (Lipinski definition) is 1. The van der Waals surface area contributed by atoms with Gasteiger partial charge < -0.3 is 14.6 Å². The van der Waals surface area contributed by atoms with E-state index in [2.05, 4.69) is 0 Å². The monoisotopic (exact) mass is 220 g/mol. The first-order chi connectivity index (χ1) is 7.84. The Morgan fingerprint density at radius 1 is 1.31 bits per heavy atom. The predicted molar refractivity (Wildman–Crippen MR) is 58.9 cm³/mol. The molecule has 16 heavy (non-hydrogen) atoms. The van der Waals surface area contributed by atoms with Gasteiger partial charge in [-0.1, -0.05) is 30.3 Å². The molecule has 3 heteroatoms. The third-order valence-corrected chi connectivity index (χ3v) is 3.43. The highest BCUT2D eigenvalue weighted by Crippen LogP contribution is 2.43. The van der Waals surface area contributed by atoms with Gasteiger partial charge in [0.05, 0.1) is 31.5 Å². The molecule has 0 radical (unpaired) electrons. The van der Waals surface area contributed by atoms with Crippen molar-refractivity contribution in [3.8, 4) is 0 Å². The molecule has 1 aliphatic heterocycles. The van der Waals surface area contributed by atoms with Crippen LogP contribution in [0.1, 0.15) is 12.0 Å². The van der Waals surface area contributed by atoms with Gasteiger partial charge in [-0.25, -0.2) is 0 Å². The summed E-state index contributed by atoms with van der Waals surface area (Å²) in [6, 6.07) is 10.1. The van der Waals surface area contributed by atoms with Gasteiger partial charge in [-0.15, -0.1) is 0 Å². The second-order valence-electron chi connectivity index (χ2n) is 4.61. The Balaban J connectivity index is 1.47. The maximum atomic E-state index is 9.73. The van der Waals surface area contributed by atoms with Crippen LogP contribution in [0.2, 0.25) is 0 Å². The molecule has 0 bridgehead atoms. The highest BCUT2D eigenvalue weighted by molar-refractivity contribution is 5.13. The number of hydrogen-bond acceptors (Lipinski definition) is 3. The van der Waals surface area contributed by atoms with Crippen LogP contribution in [0.4, 0.5) is 0 Å². The van der Waals surface area contributed by atoms with Gasteiger partial charge in [0.1, 0.15) is 0 Å². The normalized spacial score (nSPS) is 36.1. The van der Waals surface area contributed by atoms with Crippen LogP contribution in [0, 0.1) is 5.92 Å². The summed E-state index contributed by atoms with van der Waals surface area (Å²) in [7, 11) is 0. The van der Waals surface area contributed by atoms with E-state index >= 15 is 0 Å². The molecule has 0 amide bonds. The van der Waals surface area contributed by atoms with E-state index in [-0.39, 0.29) is 18.1 Å². The first-order valence-electron chi connectivity index (χ1n) is 5.80. The lowest BCUT2D eigenvalue weighted by Gasteiger charge is -2.16. The van der Waals surface area contributed by atoms with Gasteiger partial charge in [0.25, 0.3) is 0 Å². The van der Waals surface area contributed by atoms with Gasteiger partial charge in [-0.2, -0.15) is 0 Å². The minimum absolute atomic E-state index is 0.175. The van der Waals surface area contributed by atoms with Gasteiger partial charge in [0.2, 0.25) is 0 Å². The molecule has 1 N–H and O–H groups in total. The summed E-state index contributed by atoms with van der Waals surface area (Å²) in [5.41, 5.74) is 1.17. The van der Waals surface area contributed by atoms with Crippen LogP contribution in [0.5, 0.6) is 0 Å². The molecule has 1 unspecified atom stereocenters. The summed E-state index contributed by atoms with van der Waals surface area (Å²) in [5.74, 6) is 0.175. The van der Waals surface area contributed by atoms with E-state index in [9.17, 15) is 5.11 Å². The van der Waals surface area contributed by atoms with Crippen molar-refractivity contribution in [1.82, 2.24) is 0 Å². The second kappa shape index (κ2) is 4.17. The number of rotatable bonds is 4. The molecule has 86 valence electrons. The number of aliphatic hydroxyl groups excluding tert-OH is 1. The molecule has 2 aliphatic rings. The number of ether oxygens (including phenoxy) is 2. The molecular formula is C13H16O3. The van der Waals surface area contributed by atoms with Crippen molar-refractivity contribution in [2.45, 2.75) is 31.3 Å². The lowest BCUT2D eigenvalue weighted by atomic mass is 10.1. The number of benzene rings is 1. The highest BCUT2D eigenvalue weighted by atomic mass is 16.6. The van der Waals surface area contributed by atoms with Crippen molar-refractivity contribution >= 4 is 0 Å². The largest absolute Gasteiger partial charge is 0.393 e. The molecule has 2 fully saturated rings. The summed E-state index contributed by atoms with van der Waals surface area (Å²) < 4.78 is 11.0. The minimum atomic E-state index is -0.237. The van der Waals surface area contributed by atoms with Gasteiger partial charge in [0, 0.05) is 12.3 Å². The van der Waals surface area contributed by atoms with E-state index in [4.69, 9.17) is 9.47 Å². The van der Waals surface area contributed by atoms with Crippen molar-refractivity contribution < 1.29 is 14.6 Å². The van der Waals surface area contributed by atoms with Crippen molar-refractivity contribution in [2.75, 3.05) is 6.61 Å². The van der Waals surface area contributed by atoms with Crippen molar-refractivity contribution in [3.05, 3.63) is 35.9 Å². The maximum absolute atomic E-state index is 9.73. The molecule has 1 heterocycles. The van der Waals surface area contributed by atoms with Crippen LogP contribution in [0.15, 0.2) is 30.3 Å². The Morgan fingerprint density at radius 2 is 2.12 bits per heavy atom. The standard InChI is InChI=1S/C13H16O3/c14-11-6-12-13(16-12)10(11)8-15-7-9-4-2-1-3-5-9/h1-5,10-14H,6-8H2/t10-,11+,12+,13?/m0/s1. The van der Waals surface area contributed by atoms with E-state index in [0.717, 1.165) is 6.42 Å². The fraction of sp³-hybridized carbons (Fsp3) is 0.538. The third kappa shape index (κ3) is 1.98. The molecule has 1 saturated heterocycles. The molecule has 1 aromatic rings. The predicted octanol–water partition coefficient (Wildman–Crippen LogP) is 1.35. The molecule has 1 aliphatic carbocycles. The summed E-state index contributed by atoms with van der Waals surface area (Å²) in [6.07, 6.45) is 1.11. The molecule has 1 saturated carbocycles. The van der Waals surface area contributed by atoms with E-state index in [1.54, 1.807) is 0 Å². The van der Waals surface area contributed by atoms with Gasteiger partial charge in [0.15, 0.2) is 0 Å². The fourth-order valence-corrected chi connectivity index (χ4v) is 2.45. The second-order valence-corrected chi connectivity index (χ2v) is 4.61. The molecule has 3 nitrogen and oxygen atoms in total. The van der Waals surface area contributed by atoms with E-state index < -0.39 is 0 Å². The van der Waals surface area contributed by atoms with Gasteiger partial charge in [-0.3, -0.25) is 0 Å². The number of epoxide rings is 1. The average Bonchev–Trinajstić information content (AvgIpc) is 2.98. The van der Waals surface area contributed by atoms with Gasteiger partial charge in [-0.05, 0) is 5.56 Å². The van der Waals surface area contributed by atoms with E-state index in [1.165, 1.54) is 5.56 Å². The summed E-state index contributed by atoms with van der Waals surface area (Å²) in [4.78, 5) is 0. The highest BCUT2D eigenvalue weighted by Gasteiger charge is 2.55. The summed E-state index contributed by atoms with van der Waals surface area (Å²) >= 11 is 0. The summed E-state index contributed by atoms with van der Waals surface area (Å²) in [5, 5.41) is 9.73. The first kappa shape index (κ1) is 10.3. The fourth-order valence-electron chi connectivity index (χ4n) is 2.45. The summed E-state index contributed by atoms with van der Waals surface area (Å²) in [6.45, 7) is 1.21. The Kier molecular flexibility index (Phi) is 2.67. The number of fused-ring (bicyclic) bond motifs is 1. The Hall–Kier alpha value is -0.900. The van der Waals surface area contributed by atoms with Crippen LogP contribution in [0.25, 0.3) is 0 Å². The zero-order valence-corrected chi connectivity index (χ0v) is 9.08. The number of aliphatic hydroxyl groups is 1. The third-order valence-electron chi connectivity index (χ3n) is 3.43. The molecular weight excluding hydrogens is 204 g/mol. The molecule has 3 rings (SSSR count). The Morgan fingerprint density at radius 3 is 2.81 bits per heavy atom. The molecule has 0 spiro atoms. The topological polar surface area (TPSA) is 42.0 Å². The zero-order chi connectivity index (χ0) is 11.0. The SMILES string of the molecule is O[C@@H]1C[C@H]2OC2[C@H]1COCc1ccccc1. The first-order valence-corrected chi connectivity index (χ1v) is 5.80. The van der Waals surface area contributed by atoms with Crippen LogP contribution >= 0.6 is 0 Å². The van der Waals surface area contributed by atoms with Crippen LogP contribution in [-0.4, -0.2) is 30.0 Å².